The molecule has 0 spiro atoms. The van der Waals surface area contributed by atoms with Crippen LogP contribution in [0.15, 0.2) is 108 Å². The second-order valence-corrected chi connectivity index (χ2v) is 6.91. The fourth-order valence-corrected chi connectivity index (χ4v) is 3.35. The summed E-state index contributed by atoms with van der Waals surface area (Å²) in [7, 11) is 0. The van der Waals surface area contributed by atoms with E-state index < -0.39 is 0 Å². The Hall–Kier alpha value is -2.64. The summed E-state index contributed by atoms with van der Waals surface area (Å²) < 4.78 is 1.10. The molecular weight excluding hydrogens is 368 g/mol. The van der Waals surface area contributed by atoms with E-state index in [-0.39, 0.29) is 0 Å². The van der Waals surface area contributed by atoms with Gasteiger partial charge in [0.15, 0.2) is 0 Å². The van der Waals surface area contributed by atoms with Crippen molar-refractivity contribution in [3.05, 3.63) is 108 Å². The lowest BCUT2D eigenvalue weighted by molar-refractivity contribution is 1.56. The lowest BCUT2D eigenvalue weighted by Gasteiger charge is -2.11. The van der Waals surface area contributed by atoms with Gasteiger partial charge in [0.2, 0.25) is 0 Å². The second-order valence-electron chi connectivity index (χ2n) is 6.00. The first-order valence-corrected chi connectivity index (χ1v) is 9.11. The molecule has 0 aliphatic rings. The molecule has 25 heavy (non-hydrogen) atoms. The first-order valence-electron chi connectivity index (χ1n) is 8.32. The number of benzene rings is 4. The summed E-state index contributed by atoms with van der Waals surface area (Å²) in [5.74, 6) is 0. The van der Waals surface area contributed by atoms with Gasteiger partial charge in [-0.05, 0) is 45.5 Å². The van der Waals surface area contributed by atoms with Gasteiger partial charge in [-0.2, -0.15) is 0 Å². The van der Waals surface area contributed by atoms with Gasteiger partial charge in [0.25, 0.3) is 0 Å². The third-order valence-corrected chi connectivity index (χ3v) is 4.91. The van der Waals surface area contributed by atoms with Crippen LogP contribution in [0.5, 0.6) is 0 Å². The second kappa shape index (κ2) is 7.08. The van der Waals surface area contributed by atoms with Gasteiger partial charge in [0, 0.05) is 4.47 Å². The van der Waals surface area contributed by atoms with Crippen molar-refractivity contribution in [3.8, 4) is 33.4 Å². The average molecular weight is 385 g/mol. The standard InChI is InChI=1S/C24H17Br/c25-22-16-14-19(15-17-22)18-10-12-21(13-11-18)24-9-5-4-8-23(24)20-6-2-1-3-7-20/h1-17H. The maximum Gasteiger partial charge on any atom is 0.0175 e. The maximum absolute atomic E-state index is 3.49. The van der Waals surface area contributed by atoms with Crippen molar-refractivity contribution in [1.29, 1.82) is 0 Å². The highest BCUT2D eigenvalue weighted by atomic mass is 79.9. The molecule has 0 aromatic heterocycles. The molecule has 0 radical (unpaired) electrons. The minimum atomic E-state index is 1.10. The zero-order valence-corrected chi connectivity index (χ0v) is 15.3. The van der Waals surface area contributed by atoms with Gasteiger partial charge in [0.1, 0.15) is 0 Å². The molecule has 1 heteroatoms. The van der Waals surface area contributed by atoms with Crippen molar-refractivity contribution in [2.45, 2.75) is 0 Å². The average Bonchev–Trinajstić information content (AvgIpc) is 2.69. The maximum atomic E-state index is 3.49. The molecule has 0 saturated carbocycles. The van der Waals surface area contributed by atoms with Gasteiger partial charge in [-0.1, -0.05) is 107 Å². The summed E-state index contributed by atoms with van der Waals surface area (Å²) in [5, 5.41) is 0. The first-order chi connectivity index (χ1) is 12.3. The quantitative estimate of drug-likeness (QED) is 0.344. The lowest BCUT2D eigenvalue weighted by Crippen LogP contribution is -1.85. The Kier molecular flexibility index (Phi) is 4.49. The zero-order chi connectivity index (χ0) is 17.1. The first kappa shape index (κ1) is 15.9. The molecule has 4 aromatic carbocycles. The van der Waals surface area contributed by atoms with E-state index in [4.69, 9.17) is 0 Å². The predicted octanol–water partition coefficient (Wildman–Crippen LogP) is 7.45. The van der Waals surface area contributed by atoms with Crippen LogP contribution >= 0.6 is 15.9 Å². The number of halogens is 1. The van der Waals surface area contributed by atoms with Crippen LogP contribution in [0.1, 0.15) is 0 Å². The summed E-state index contributed by atoms with van der Waals surface area (Å²) in [5.41, 5.74) is 7.46. The molecule has 0 aliphatic heterocycles. The molecule has 120 valence electrons. The topological polar surface area (TPSA) is 0 Å². The number of hydrogen-bond acceptors (Lipinski definition) is 0. The molecule has 0 unspecified atom stereocenters. The van der Waals surface area contributed by atoms with E-state index in [1.807, 2.05) is 0 Å². The van der Waals surface area contributed by atoms with Gasteiger partial charge in [-0.15, -0.1) is 0 Å². The van der Waals surface area contributed by atoms with Crippen molar-refractivity contribution >= 4 is 15.9 Å². The van der Waals surface area contributed by atoms with Crippen LogP contribution in [0.25, 0.3) is 33.4 Å². The van der Waals surface area contributed by atoms with E-state index in [1.165, 1.54) is 33.4 Å². The molecule has 0 nitrogen and oxygen atoms in total. The predicted molar refractivity (Wildman–Crippen MR) is 110 cm³/mol. The molecule has 0 bridgehead atoms. The summed E-state index contributed by atoms with van der Waals surface area (Å²) in [6.07, 6.45) is 0. The SMILES string of the molecule is Brc1ccc(-c2ccc(-c3ccccc3-c3ccccc3)cc2)cc1. The van der Waals surface area contributed by atoms with Crippen LogP contribution in [-0.2, 0) is 0 Å². The van der Waals surface area contributed by atoms with Crippen LogP contribution < -0.4 is 0 Å². The highest BCUT2D eigenvalue weighted by Crippen LogP contribution is 2.33. The third-order valence-electron chi connectivity index (χ3n) is 4.39. The fourth-order valence-electron chi connectivity index (χ4n) is 3.09. The number of hydrogen-bond donors (Lipinski definition) is 0. The summed E-state index contributed by atoms with van der Waals surface area (Å²) in [6, 6.07) is 36.4. The van der Waals surface area contributed by atoms with E-state index in [0.717, 1.165) is 4.47 Å². The van der Waals surface area contributed by atoms with E-state index in [9.17, 15) is 0 Å². The van der Waals surface area contributed by atoms with Crippen LogP contribution in [0.4, 0.5) is 0 Å². The Morgan fingerprint density at radius 1 is 0.360 bits per heavy atom. The van der Waals surface area contributed by atoms with Crippen LogP contribution in [-0.4, -0.2) is 0 Å². The monoisotopic (exact) mass is 384 g/mol. The molecule has 0 aliphatic carbocycles. The van der Waals surface area contributed by atoms with Crippen LogP contribution in [0, 0.1) is 0 Å². The molecule has 0 N–H and O–H groups in total. The van der Waals surface area contributed by atoms with Gasteiger partial charge in [-0.3, -0.25) is 0 Å². The van der Waals surface area contributed by atoms with Crippen molar-refractivity contribution < 1.29 is 0 Å². The molecular formula is C24H17Br. The van der Waals surface area contributed by atoms with Crippen molar-refractivity contribution in [2.24, 2.45) is 0 Å². The van der Waals surface area contributed by atoms with Crippen LogP contribution in [0.3, 0.4) is 0 Å². The fraction of sp³-hybridized carbons (Fsp3) is 0. The van der Waals surface area contributed by atoms with E-state index in [2.05, 4.69) is 119 Å². The Balaban J connectivity index is 1.73. The normalized spacial score (nSPS) is 10.6. The van der Waals surface area contributed by atoms with E-state index in [1.54, 1.807) is 0 Å². The van der Waals surface area contributed by atoms with Crippen molar-refractivity contribution in [3.63, 3.8) is 0 Å². The molecule has 4 rings (SSSR count). The minimum absolute atomic E-state index is 1.10. The van der Waals surface area contributed by atoms with Gasteiger partial charge in [0.05, 0.1) is 0 Å². The van der Waals surface area contributed by atoms with Gasteiger partial charge >= 0.3 is 0 Å². The summed E-state index contributed by atoms with van der Waals surface area (Å²) in [4.78, 5) is 0. The number of rotatable bonds is 3. The van der Waals surface area contributed by atoms with Gasteiger partial charge < -0.3 is 0 Å². The van der Waals surface area contributed by atoms with E-state index >= 15 is 0 Å². The highest BCUT2D eigenvalue weighted by molar-refractivity contribution is 9.10. The molecule has 0 amide bonds. The minimum Gasteiger partial charge on any atom is -0.0622 e. The van der Waals surface area contributed by atoms with E-state index in [0.29, 0.717) is 0 Å². The van der Waals surface area contributed by atoms with Crippen LogP contribution in [0.2, 0.25) is 0 Å². The third kappa shape index (κ3) is 3.42. The molecule has 0 heterocycles. The highest BCUT2D eigenvalue weighted by Gasteiger charge is 2.07. The van der Waals surface area contributed by atoms with Gasteiger partial charge in [-0.25, -0.2) is 0 Å². The summed E-state index contributed by atoms with van der Waals surface area (Å²) >= 11 is 3.49. The Bertz CT molecular complexity index is 968. The largest absolute Gasteiger partial charge is 0.0622 e. The van der Waals surface area contributed by atoms with Crippen molar-refractivity contribution in [2.75, 3.05) is 0 Å². The molecule has 0 fully saturated rings. The molecule has 0 atom stereocenters. The summed E-state index contributed by atoms with van der Waals surface area (Å²) in [6.45, 7) is 0. The Morgan fingerprint density at radius 3 is 1.32 bits per heavy atom. The smallest absolute Gasteiger partial charge is 0.0175 e. The van der Waals surface area contributed by atoms with Crippen molar-refractivity contribution in [1.82, 2.24) is 0 Å². The molecule has 0 saturated heterocycles. The Morgan fingerprint density at radius 2 is 0.760 bits per heavy atom. The molecule has 4 aromatic rings. The lowest BCUT2D eigenvalue weighted by atomic mass is 9.93. The Labute approximate surface area is 156 Å². The zero-order valence-electron chi connectivity index (χ0n) is 13.7.